The van der Waals surface area contributed by atoms with Crippen LogP contribution in [0.1, 0.15) is 11.4 Å². The number of halogens is 2. The minimum atomic E-state index is -2.82. The Bertz CT molecular complexity index is 836. The van der Waals surface area contributed by atoms with E-state index in [1.54, 1.807) is 12.5 Å². The van der Waals surface area contributed by atoms with Gasteiger partial charge in [0.05, 0.1) is 12.6 Å². The molecule has 150 valence electrons. The SMILES string of the molecule is CSNC(=O)NC1CC2=C(C(C=NC(F)F)=CN)CN=C(c3nccs3)N2C1. The number of aliphatic imine (C=N–C) groups is 2. The van der Waals surface area contributed by atoms with Crippen LogP contribution >= 0.6 is 23.3 Å². The van der Waals surface area contributed by atoms with Crippen LogP contribution in [0, 0.1) is 0 Å². The van der Waals surface area contributed by atoms with E-state index in [1.807, 2.05) is 10.3 Å². The lowest BCUT2D eigenvalue weighted by Crippen LogP contribution is -2.42. The Balaban J connectivity index is 1.91. The topological polar surface area (TPSA) is 108 Å². The van der Waals surface area contributed by atoms with Gasteiger partial charge in [0.1, 0.15) is 0 Å². The van der Waals surface area contributed by atoms with E-state index in [4.69, 9.17) is 5.73 Å². The van der Waals surface area contributed by atoms with Gasteiger partial charge in [0.15, 0.2) is 10.8 Å². The number of fused-ring (bicyclic) bond motifs is 1. The van der Waals surface area contributed by atoms with Gasteiger partial charge in [-0.2, -0.15) is 8.78 Å². The zero-order valence-corrected chi connectivity index (χ0v) is 16.6. The van der Waals surface area contributed by atoms with Crippen molar-refractivity contribution in [2.75, 3.05) is 19.3 Å². The number of nitrogens with one attached hydrogen (secondary N) is 2. The summed E-state index contributed by atoms with van der Waals surface area (Å²) in [6.07, 6.45) is 6.28. The Kier molecular flexibility index (Phi) is 6.62. The first-order valence-corrected chi connectivity index (χ1v) is 10.4. The van der Waals surface area contributed by atoms with Gasteiger partial charge in [0.25, 0.3) is 0 Å². The molecule has 1 aromatic rings. The highest BCUT2D eigenvalue weighted by Crippen LogP contribution is 2.33. The Morgan fingerprint density at radius 1 is 1.57 bits per heavy atom. The van der Waals surface area contributed by atoms with Gasteiger partial charge in [-0.3, -0.25) is 9.71 Å². The van der Waals surface area contributed by atoms with Gasteiger partial charge in [-0.05, 0) is 0 Å². The number of carbonyl (C=O) groups is 1. The zero-order valence-electron chi connectivity index (χ0n) is 14.9. The fraction of sp³-hybridized carbons (Fsp3) is 0.375. The fourth-order valence-corrected chi connectivity index (χ4v) is 4.00. The molecule has 2 amide bonds. The van der Waals surface area contributed by atoms with E-state index in [-0.39, 0.29) is 18.6 Å². The first-order valence-electron chi connectivity index (χ1n) is 8.30. The number of thiazole rings is 1. The molecule has 1 aromatic heterocycles. The maximum Gasteiger partial charge on any atom is 0.331 e. The number of nitrogens with two attached hydrogens (primary N) is 1. The molecule has 0 aromatic carbocycles. The second-order valence-electron chi connectivity index (χ2n) is 5.87. The van der Waals surface area contributed by atoms with E-state index in [0.717, 1.165) is 16.9 Å². The van der Waals surface area contributed by atoms with Crippen LogP contribution in [0.25, 0.3) is 0 Å². The van der Waals surface area contributed by atoms with Crippen molar-refractivity contribution in [3.05, 3.63) is 39.6 Å². The third-order valence-electron chi connectivity index (χ3n) is 4.17. The number of rotatable bonds is 6. The fourth-order valence-electron chi connectivity index (χ4n) is 3.11. The number of amidine groups is 1. The van der Waals surface area contributed by atoms with Crippen LogP contribution in [0.4, 0.5) is 13.6 Å². The van der Waals surface area contributed by atoms with Crippen LogP contribution in [0.2, 0.25) is 0 Å². The van der Waals surface area contributed by atoms with Crippen molar-refractivity contribution in [1.82, 2.24) is 19.9 Å². The standard InChI is InChI=1S/C16H19F2N7OS2/c1-27-24-16(26)23-10-4-12-11(9(5-19)6-22-15(17)18)7-21-13(25(12)8-10)14-20-2-3-28-14/h2-3,5-6,10,15H,4,7-8,19H2,1H3,(H2,23,24,26). The molecule has 12 heteroatoms. The zero-order chi connectivity index (χ0) is 20.1. The number of urea groups is 1. The molecule has 1 unspecified atom stereocenters. The highest BCUT2D eigenvalue weighted by Gasteiger charge is 2.36. The average molecular weight is 428 g/mol. The van der Waals surface area contributed by atoms with Crippen LogP contribution in [0.3, 0.4) is 0 Å². The molecular weight excluding hydrogens is 408 g/mol. The Morgan fingerprint density at radius 2 is 2.39 bits per heavy atom. The smallest absolute Gasteiger partial charge is 0.331 e. The number of amides is 2. The number of carbonyl (C=O) groups excluding carboxylic acids is 1. The predicted octanol–water partition coefficient (Wildman–Crippen LogP) is 1.94. The summed E-state index contributed by atoms with van der Waals surface area (Å²) in [5.41, 5.74) is 7.63. The highest BCUT2D eigenvalue weighted by molar-refractivity contribution is 7.97. The molecule has 4 N–H and O–H groups in total. The summed E-state index contributed by atoms with van der Waals surface area (Å²) in [7, 11) is 0. The monoisotopic (exact) mass is 427 g/mol. The molecule has 3 rings (SSSR count). The Labute approximate surface area is 168 Å². The van der Waals surface area contributed by atoms with Crippen LogP contribution in [-0.2, 0) is 0 Å². The number of nitrogens with zero attached hydrogens (tertiary/aromatic N) is 4. The summed E-state index contributed by atoms with van der Waals surface area (Å²) in [5.74, 6) is 0.700. The molecule has 3 heterocycles. The van der Waals surface area contributed by atoms with E-state index in [0.29, 0.717) is 29.9 Å². The van der Waals surface area contributed by atoms with Crippen molar-refractivity contribution in [2.24, 2.45) is 15.7 Å². The van der Waals surface area contributed by atoms with Crippen molar-refractivity contribution >= 4 is 41.4 Å². The Morgan fingerprint density at radius 3 is 3.04 bits per heavy atom. The number of hydrogen-bond donors (Lipinski definition) is 3. The molecule has 0 radical (unpaired) electrons. The van der Waals surface area contributed by atoms with Crippen molar-refractivity contribution in [2.45, 2.75) is 19.0 Å². The van der Waals surface area contributed by atoms with Crippen LogP contribution in [-0.4, -0.2) is 59.9 Å². The molecule has 28 heavy (non-hydrogen) atoms. The summed E-state index contributed by atoms with van der Waals surface area (Å²) in [6, 6.07) is -0.465. The minimum absolute atomic E-state index is 0.175. The van der Waals surface area contributed by atoms with Crippen molar-refractivity contribution in [3.8, 4) is 0 Å². The molecule has 0 aliphatic carbocycles. The molecule has 1 fully saturated rings. The van der Waals surface area contributed by atoms with E-state index in [2.05, 4.69) is 25.0 Å². The second-order valence-corrected chi connectivity index (χ2v) is 7.38. The summed E-state index contributed by atoms with van der Waals surface area (Å²) in [4.78, 5) is 25.9. The largest absolute Gasteiger partial charge is 0.404 e. The van der Waals surface area contributed by atoms with Gasteiger partial charge in [-0.15, -0.1) is 11.3 Å². The van der Waals surface area contributed by atoms with E-state index < -0.39 is 6.55 Å². The van der Waals surface area contributed by atoms with Gasteiger partial charge >= 0.3 is 12.6 Å². The summed E-state index contributed by atoms with van der Waals surface area (Å²) in [6.45, 7) is -2.06. The number of alkyl halides is 2. The summed E-state index contributed by atoms with van der Waals surface area (Å²) < 4.78 is 27.6. The summed E-state index contributed by atoms with van der Waals surface area (Å²) >= 11 is 2.66. The normalized spacial score (nSPS) is 20.0. The molecule has 2 aliphatic heterocycles. The lowest BCUT2D eigenvalue weighted by Gasteiger charge is -2.27. The van der Waals surface area contributed by atoms with Crippen LogP contribution in [0.5, 0.6) is 0 Å². The Hall–Kier alpha value is -2.47. The summed E-state index contributed by atoms with van der Waals surface area (Å²) in [5, 5.41) is 5.52. The number of aromatic nitrogens is 1. The number of hydrogen-bond acceptors (Lipinski definition) is 8. The molecule has 1 saturated heterocycles. The first kappa shape index (κ1) is 20.3. The molecule has 0 spiro atoms. The lowest BCUT2D eigenvalue weighted by molar-refractivity contribution is 0.160. The molecule has 8 nitrogen and oxygen atoms in total. The van der Waals surface area contributed by atoms with Crippen LogP contribution in [0.15, 0.2) is 44.6 Å². The lowest BCUT2D eigenvalue weighted by atomic mass is 10.0. The van der Waals surface area contributed by atoms with Gasteiger partial charge in [-0.25, -0.2) is 14.8 Å². The molecule has 0 bridgehead atoms. The van der Waals surface area contributed by atoms with Gasteiger partial charge in [0, 0.05) is 60.1 Å². The quantitative estimate of drug-likeness (QED) is 0.365. The van der Waals surface area contributed by atoms with Gasteiger partial charge in [0.2, 0.25) is 0 Å². The average Bonchev–Trinajstić information content (AvgIpc) is 3.31. The maximum atomic E-state index is 12.5. The highest BCUT2D eigenvalue weighted by atomic mass is 32.2. The molecular formula is C16H19F2N7OS2. The predicted molar refractivity (Wildman–Crippen MR) is 108 cm³/mol. The molecule has 2 aliphatic rings. The third kappa shape index (κ3) is 4.50. The van der Waals surface area contributed by atoms with Gasteiger partial charge in [-0.1, -0.05) is 11.9 Å². The third-order valence-corrected chi connectivity index (χ3v) is 5.33. The van der Waals surface area contributed by atoms with Crippen molar-refractivity contribution in [1.29, 1.82) is 0 Å². The van der Waals surface area contributed by atoms with E-state index >= 15 is 0 Å². The van der Waals surface area contributed by atoms with Gasteiger partial charge < -0.3 is 16.0 Å². The first-order chi connectivity index (χ1) is 13.5. The van der Waals surface area contributed by atoms with Crippen LogP contribution < -0.4 is 15.8 Å². The van der Waals surface area contributed by atoms with Crippen molar-refractivity contribution < 1.29 is 13.6 Å². The minimum Gasteiger partial charge on any atom is -0.404 e. The van der Waals surface area contributed by atoms with E-state index in [1.165, 1.54) is 29.5 Å². The molecule has 0 saturated carbocycles. The van der Waals surface area contributed by atoms with E-state index in [9.17, 15) is 13.6 Å². The maximum absolute atomic E-state index is 12.5. The van der Waals surface area contributed by atoms with Crippen molar-refractivity contribution in [3.63, 3.8) is 0 Å². The second kappa shape index (κ2) is 9.15. The molecule has 1 atom stereocenters.